The van der Waals surface area contributed by atoms with Gasteiger partial charge in [-0.2, -0.15) is 0 Å². The molecule has 0 spiro atoms. The van der Waals surface area contributed by atoms with Gasteiger partial charge >= 0.3 is 0 Å². The number of ether oxygens (including phenoxy) is 1. The first-order valence-corrected chi connectivity index (χ1v) is 6.60. The molecule has 3 nitrogen and oxygen atoms in total. The molecule has 1 rings (SSSR count). The van der Waals surface area contributed by atoms with Gasteiger partial charge < -0.3 is 15.8 Å². The summed E-state index contributed by atoms with van der Waals surface area (Å²) in [5.41, 5.74) is 8.32. The molecule has 0 heterocycles. The Morgan fingerprint density at radius 1 is 1.28 bits per heavy atom. The van der Waals surface area contributed by atoms with E-state index in [0.29, 0.717) is 18.4 Å². The van der Waals surface area contributed by atoms with E-state index >= 15 is 0 Å². The lowest BCUT2D eigenvalue weighted by atomic mass is 9.90. The molecule has 0 aliphatic heterocycles. The van der Waals surface area contributed by atoms with E-state index in [4.69, 9.17) is 10.5 Å². The number of nitrogens with one attached hydrogen (secondary N) is 1. The van der Waals surface area contributed by atoms with Gasteiger partial charge in [0, 0.05) is 11.6 Å². The standard InChI is InChI=1S/C15H26N2O/c1-10(2)12-6-7-14(18-5)13(8-12)15(17-4)11(3)9-16/h6-8,10-11,15,17H,9,16H2,1-5H3. The van der Waals surface area contributed by atoms with Gasteiger partial charge in [-0.25, -0.2) is 0 Å². The van der Waals surface area contributed by atoms with Crippen molar-refractivity contribution >= 4 is 0 Å². The number of hydrogen-bond donors (Lipinski definition) is 2. The molecule has 1 aromatic rings. The zero-order valence-electron chi connectivity index (χ0n) is 12.2. The van der Waals surface area contributed by atoms with E-state index in [1.54, 1.807) is 7.11 Å². The quantitative estimate of drug-likeness (QED) is 0.816. The molecular weight excluding hydrogens is 224 g/mol. The van der Waals surface area contributed by atoms with Crippen LogP contribution in [0.4, 0.5) is 0 Å². The van der Waals surface area contributed by atoms with Crippen LogP contribution in [0, 0.1) is 5.92 Å². The van der Waals surface area contributed by atoms with Crippen LogP contribution >= 0.6 is 0 Å². The summed E-state index contributed by atoms with van der Waals surface area (Å²) in [5.74, 6) is 1.81. The van der Waals surface area contributed by atoms with Crippen LogP contribution in [0.2, 0.25) is 0 Å². The number of methoxy groups -OCH3 is 1. The van der Waals surface area contributed by atoms with E-state index in [0.717, 1.165) is 5.75 Å². The first-order chi connectivity index (χ1) is 8.54. The maximum absolute atomic E-state index is 5.79. The predicted octanol–water partition coefficient (Wildman–Crippen LogP) is 2.67. The van der Waals surface area contributed by atoms with Crippen molar-refractivity contribution in [2.45, 2.75) is 32.7 Å². The molecule has 3 heteroatoms. The van der Waals surface area contributed by atoms with Gasteiger partial charge in [-0.1, -0.05) is 32.9 Å². The SMILES string of the molecule is CNC(c1cc(C(C)C)ccc1OC)C(C)CN. The molecule has 18 heavy (non-hydrogen) atoms. The molecule has 0 fully saturated rings. The molecule has 0 saturated heterocycles. The summed E-state index contributed by atoms with van der Waals surface area (Å²) in [6.07, 6.45) is 0. The van der Waals surface area contributed by atoms with Gasteiger partial charge in [-0.3, -0.25) is 0 Å². The monoisotopic (exact) mass is 250 g/mol. The van der Waals surface area contributed by atoms with Gasteiger partial charge in [0.1, 0.15) is 5.75 Å². The summed E-state index contributed by atoms with van der Waals surface area (Å²) < 4.78 is 5.48. The number of rotatable bonds is 6. The van der Waals surface area contributed by atoms with Crippen LogP contribution in [0.3, 0.4) is 0 Å². The highest BCUT2D eigenvalue weighted by atomic mass is 16.5. The summed E-state index contributed by atoms with van der Waals surface area (Å²) in [4.78, 5) is 0. The van der Waals surface area contributed by atoms with Crippen molar-refractivity contribution in [2.24, 2.45) is 11.7 Å². The van der Waals surface area contributed by atoms with Crippen molar-refractivity contribution < 1.29 is 4.74 Å². The topological polar surface area (TPSA) is 47.3 Å². The molecule has 0 aliphatic carbocycles. The Morgan fingerprint density at radius 3 is 2.39 bits per heavy atom. The van der Waals surface area contributed by atoms with Gasteiger partial charge in [0.25, 0.3) is 0 Å². The van der Waals surface area contributed by atoms with Crippen molar-refractivity contribution in [3.63, 3.8) is 0 Å². The van der Waals surface area contributed by atoms with E-state index in [9.17, 15) is 0 Å². The lowest BCUT2D eigenvalue weighted by molar-refractivity contribution is 0.373. The average Bonchev–Trinajstić information content (AvgIpc) is 2.39. The smallest absolute Gasteiger partial charge is 0.123 e. The summed E-state index contributed by atoms with van der Waals surface area (Å²) in [6, 6.07) is 6.64. The molecule has 102 valence electrons. The van der Waals surface area contributed by atoms with Crippen molar-refractivity contribution in [3.8, 4) is 5.75 Å². The van der Waals surface area contributed by atoms with Crippen LogP contribution in [0.5, 0.6) is 5.75 Å². The van der Waals surface area contributed by atoms with Crippen molar-refractivity contribution in [1.29, 1.82) is 0 Å². The van der Waals surface area contributed by atoms with Crippen LogP contribution in [-0.2, 0) is 0 Å². The minimum absolute atomic E-state index is 0.226. The highest BCUT2D eigenvalue weighted by molar-refractivity contribution is 5.40. The lowest BCUT2D eigenvalue weighted by Crippen LogP contribution is -2.29. The molecule has 0 aromatic heterocycles. The third kappa shape index (κ3) is 3.24. The fraction of sp³-hybridized carbons (Fsp3) is 0.600. The van der Waals surface area contributed by atoms with Crippen LogP contribution < -0.4 is 15.8 Å². The van der Waals surface area contributed by atoms with Gasteiger partial charge in [0.15, 0.2) is 0 Å². The normalized spacial score (nSPS) is 14.6. The highest BCUT2D eigenvalue weighted by Gasteiger charge is 2.20. The Bertz CT molecular complexity index is 377. The van der Waals surface area contributed by atoms with Crippen LogP contribution in [0.25, 0.3) is 0 Å². The summed E-state index contributed by atoms with van der Waals surface area (Å²) in [6.45, 7) is 7.21. The molecule has 0 aliphatic rings. The third-order valence-corrected chi connectivity index (χ3v) is 3.51. The third-order valence-electron chi connectivity index (χ3n) is 3.51. The second kappa shape index (κ2) is 6.76. The second-order valence-electron chi connectivity index (χ2n) is 5.14. The van der Waals surface area contributed by atoms with E-state index in [-0.39, 0.29) is 6.04 Å². The second-order valence-corrected chi connectivity index (χ2v) is 5.14. The molecule has 0 saturated carbocycles. The molecular formula is C15H26N2O. The number of benzene rings is 1. The molecule has 3 N–H and O–H groups in total. The molecule has 2 atom stereocenters. The van der Waals surface area contributed by atoms with Crippen molar-refractivity contribution in [1.82, 2.24) is 5.32 Å². The fourth-order valence-corrected chi connectivity index (χ4v) is 2.24. The Hall–Kier alpha value is -1.06. The van der Waals surface area contributed by atoms with E-state index in [1.807, 2.05) is 7.05 Å². The summed E-state index contributed by atoms with van der Waals surface area (Å²) in [7, 11) is 3.69. The Balaban J connectivity index is 3.20. The molecule has 2 unspecified atom stereocenters. The van der Waals surface area contributed by atoms with Gasteiger partial charge in [-0.05, 0) is 37.1 Å². The van der Waals surface area contributed by atoms with Crippen molar-refractivity contribution in [3.05, 3.63) is 29.3 Å². The van der Waals surface area contributed by atoms with E-state index < -0.39 is 0 Å². The largest absolute Gasteiger partial charge is 0.496 e. The minimum Gasteiger partial charge on any atom is -0.496 e. The number of hydrogen-bond acceptors (Lipinski definition) is 3. The van der Waals surface area contributed by atoms with E-state index in [1.165, 1.54) is 11.1 Å². The Labute approximate surface area is 111 Å². The van der Waals surface area contributed by atoms with E-state index in [2.05, 4.69) is 44.3 Å². The molecule has 0 amide bonds. The fourth-order valence-electron chi connectivity index (χ4n) is 2.24. The lowest BCUT2D eigenvalue weighted by Gasteiger charge is -2.25. The molecule has 1 aromatic carbocycles. The molecule has 0 radical (unpaired) electrons. The highest BCUT2D eigenvalue weighted by Crippen LogP contribution is 2.32. The maximum atomic E-state index is 5.79. The Morgan fingerprint density at radius 2 is 1.94 bits per heavy atom. The summed E-state index contributed by atoms with van der Waals surface area (Å²) >= 11 is 0. The first-order valence-electron chi connectivity index (χ1n) is 6.60. The van der Waals surface area contributed by atoms with Crippen LogP contribution in [-0.4, -0.2) is 20.7 Å². The van der Waals surface area contributed by atoms with Crippen LogP contribution in [0.1, 0.15) is 43.9 Å². The zero-order valence-corrected chi connectivity index (χ0v) is 12.2. The predicted molar refractivity (Wildman–Crippen MR) is 77.1 cm³/mol. The van der Waals surface area contributed by atoms with Gasteiger partial charge in [0.2, 0.25) is 0 Å². The maximum Gasteiger partial charge on any atom is 0.123 e. The van der Waals surface area contributed by atoms with Crippen molar-refractivity contribution in [2.75, 3.05) is 20.7 Å². The zero-order chi connectivity index (χ0) is 13.7. The first kappa shape index (κ1) is 15.0. The minimum atomic E-state index is 0.226. The van der Waals surface area contributed by atoms with Gasteiger partial charge in [-0.15, -0.1) is 0 Å². The van der Waals surface area contributed by atoms with Crippen LogP contribution in [0.15, 0.2) is 18.2 Å². The molecule has 0 bridgehead atoms. The Kier molecular flexibility index (Phi) is 5.63. The average molecular weight is 250 g/mol. The van der Waals surface area contributed by atoms with Gasteiger partial charge in [0.05, 0.1) is 7.11 Å². The summed E-state index contributed by atoms with van der Waals surface area (Å²) in [5, 5.41) is 3.35. The number of nitrogens with two attached hydrogens (primary N) is 1.